The number of rotatable bonds is 3. The summed E-state index contributed by atoms with van der Waals surface area (Å²) in [4.78, 5) is 18.0. The Morgan fingerprint density at radius 3 is 2.48 bits per heavy atom. The molecule has 25 heavy (non-hydrogen) atoms. The van der Waals surface area contributed by atoms with Gasteiger partial charge in [-0.2, -0.15) is 4.99 Å². The molecule has 128 valence electrons. The number of hydrogen-bond acceptors (Lipinski definition) is 2. The zero-order valence-electron chi connectivity index (χ0n) is 13.8. The Morgan fingerprint density at radius 1 is 1.12 bits per heavy atom. The Bertz CT molecular complexity index is 987. The molecule has 0 aliphatic carbocycles. The smallest absolute Gasteiger partial charge is 0.279 e. The van der Waals surface area contributed by atoms with E-state index in [4.69, 9.17) is 0 Å². The second-order valence-corrected chi connectivity index (χ2v) is 6.65. The van der Waals surface area contributed by atoms with E-state index >= 15 is 0 Å². The van der Waals surface area contributed by atoms with Crippen LogP contribution in [0.15, 0.2) is 53.5 Å². The predicted molar refractivity (Wildman–Crippen MR) is 94.4 cm³/mol. The van der Waals surface area contributed by atoms with Crippen molar-refractivity contribution in [3.8, 4) is 11.3 Å². The van der Waals surface area contributed by atoms with Crippen molar-refractivity contribution < 1.29 is 13.6 Å². The Morgan fingerprint density at radius 2 is 1.84 bits per heavy atom. The monoisotopic (exact) mass is 358 g/mol. The molecular formula is C19H16F2N2OS. The topological polar surface area (TPSA) is 34.4 Å². The molecule has 0 spiro atoms. The van der Waals surface area contributed by atoms with Gasteiger partial charge >= 0.3 is 0 Å². The molecule has 0 atom stereocenters. The van der Waals surface area contributed by atoms with Crippen LogP contribution in [0.25, 0.3) is 11.3 Å². The molecule has 3 aromatic rings. The van der Waals surface area contributed by atoms with Crippen LogP contribution in [0.1, 0.15) is 22.2 Å². The summed E-state index contributed by atoms with van der Waals surface area (Å²) in [5.41, 5.74) is 1.96. The maximum Gasteiger partial charge on any atom is 0.279 e. The van der Waals surface area contributed by atoms with Gasteiger partial charge in [-0.3, -0.25) is 4.79 Å². The summed E-state index contributed by atoms with van der Waals surface area (Å²) in [6, 6.07) is 11.7. The van der Waals surface area contributed by atoms with Crippen molar-refractivity contribution >= 4 is 17.2 Å². The van der Waals surface area contributed by atoms with Gasteiger partial charge in [0.25, 0.3) is 5.91 Å². The molecule has 0 N–H and O–H groups in total. The van der Waals surface area contributed by atoms with Gasteiger partial charge in [0, 0.05) is 17.0 Å². The van der Waals surface area contributed by atoms with Crippen LogP contribution < -0.4 is 4.80 Å². The minimum Gasteiger partial charge on any atom is -0.316 e. The largest absolute Gasteiger partial charge is 0.316 e. The van der Waals surface area contributed by atoms with E-state index in [1.165, 1.54) is 47.7 Å². The summed E-state index contributed by atoms with van der Waals surface area (Å²) in [7, 11) is 0. The van der Waals surface area contributed by atoms with Gasteiger partial charge in [0.15, 0.2) is 4.80 Å². The number of benzene rings is 2. The molecule has 0 bridgehead atoms. The van der Waals surface area contributed by atoms with Crippen molar-refractivity contribution in [2.75, 3.05) is 0 Å². The maximum atomic E-state index is 13.3. The third kappa shape index (κ3) is 3.58. The Hall–Kier alpha value is -2.60. The fourth-order valence-electron chi connectivity index (χ4n) is 2.64. The summed E-state index contributed by atoms with van der Waals surface area (Å²) in [6.07, 6.45) is 0. The number of aromatic nitrogens is 1. The molecule has 0 radical (unpaired) electrons. The van der Waals surface area contributed by atoms with Gasteiger partial charge < -0.3 is 4.57 Å². The second-order valence-electron chi connectivity index (χ2n) is 5.47. The third-order valence-electron chi connectivity index (χ3n) is 3.78. The molecule has 1 heterocycles. The molecular weight excluding hydrogens is 342 g/mol. The molecule has 0 unspecified atom stereocenters. The number of carbonyl (C=O) groups excluding carboxylic acids is 1. The first-order chi connectivity index (χ1) is 12.0. The molecule has 6 heteroatoms. The lowest BCUT2D eigenvalue weighted by Crippen LogP contribution is -2.17. The van der Waals surface area contributed by atoms with E-state index in [9.17, 15) is 13.6 Å². The van der Waals surface area contributed by atoms with Crippen LogP contribution in [-0.2, 0) is 6.54 Å². The number of aryl methyl sites for hydroxylation is 1. The molecule has 3 nitrogen and oxygen atoms in total. The van der Waals surface area contributed by atoms with Gasteiger partial charge in [0.05, 0.1) is 5.69 Å². The van der Waals surface area contributed by atoms with Gasteiger partial charge in [0.2, 0.25) is 0 Å². The predicted octanol–water partition coefficient (Wildman–Crippen LogP) is 4.56. The van der Waals surface area contributed by atoms with E-state index in [1.807, 2.05) is 18.4 Å². The van der Waals surface area contributed by atoms with Crippen molar-refractivity contribution in [1.82, 2.24) is 4.57 Å². The molecule has 0 fully saturated rings. The highest BCUT2D eigenvalue weighted by Crippen LogP contribution is 2.25. The highest BCUT2D eigenvalue weighted by atomic mass is 32.1. The lowest BCUT2D eigenvalue weighted by Gasteiger charge is -2.07. The van der Waals surface area contributed by atoms with E-state index in [-0.39, 0.29) is 11.4 Å². The fraction of sp³-hybridized carbons (Fsp3) is 0.158. The van der Waals surface area contributed by atoms with Gasteiger partial charge in [-0.25, -0.2) is 8.78 Å². The van der Waals surface area contributed by atoms with Crippen molar-refractivity contribution in [2.24, 2.45) is 4.99 Å². The van der Waals surface area contributed by atoms with E-state index < -0.39 is 11.7 Å². The highest BCUT2D eigenvalue weighted by molar-refractivity contribution is 7.09. The van der Waals surface area contributed by atoms with Gasteiger partial charge in [-0.05, 0) is 61.9 Å². The highest BCUT2D eigenvalue weighted by Gasteiger charge is 2.13. The summed E-state index contributed by atoms with van der Waals surface area (Å²) >= 11 is 1.38. The average Bonchev–Trinajstić information content (AvgIpc) is 2.90. The SMILES string of the molecule is CCn1c(-c2ccc(F)cc2)c(C)sc1=NC(=O)c1cccc(F)c1. The van der Waals surface area contributed by atoms with E-state index in [0.717, 1.165) is 16.1 Å². The molecule has 2 aromatic carbocycles. The van der Waals surface area contributed by atoms with Crippen molar-refractivity contribution in [1.29, 1.82) is 0 Å². The van der Waals surface area contributed by atoms with Crippen LogP contribution in [0.2, 0.25) is 0 Å². The third-order valence-corrected chi connectivity index (χ3v) is 4.78. The number of hydrogen-bond donors (Lipinski definition) is 0. The zero-order chi connectivity index (χ0) is 18.0. The number of thiazole rings is 1. The number of halogens is 2. The number of nitrogens with zero attached hydrogens (tertiary/aromatic N) is 2. The molecule has 0 aliphatic heterocycles. The Kier molecular flexibility index (Phi) is 4.90. The first-order valence-electron chi connectivity index (χ1n) is 7.80. The lowest BCUT2D eigenvalue weighted by molar-refractivity contribution is 0.0997. The Labute approximate surface area is 147 Å². The minimum atomic E-state index is -0.492. The molecule has 3 rings (SSSR count). The van der Waals surface area contributed by atoms with Gasteiger partial charge in [-0.15, -0.1) is 11.3 Å². The van der Waals surface area contributed by atoms with Crippen LogP contribution >= 0.6 is 11.3 Å². The first-order valence-corrected chi connectivity index (χ1v) is 8.62. The van der Waals surface area contributed by atoms with Crippen LogP contribution in [0.3, 0.4) is 0 Å². The van der Waals surface area contributed by atoms with Crippen molar-refractivity contribution in [3.63, 3.8) is 0 Å². The molecule has 0 saturated carbocycles. The summed E-state index contributed by atoms with van der Waals surface area (Å²) in [5, 5.41) is 0. The molecule has 0 aliphatic rings. The lowest BCUT2D eigenvalue weighted by atomic mass is 10.1. The van der Waals surface area contributed by atoms with E-state index in [0.29, 0.717) is 11.3 Å². The molecule has 0 saturated heterocycles. The van der Waals surface area contributed by atoms with Crippen LogP contribution in [0.5, 0.6) is 0 Å². The average molecular weight is 358 g/mol. The summed E-state index contributed by atoms with van der Waals surface area (Å²) < 4.78 is 28.4. The normalized spacial score (nSPS) is 11.8. The zero-order valence-corrected chi connectivity index (χ0v) is 14.6. The van der Waals surface area contributed by atoms with E-state index in [2.05, 4.69) is 4.99 Å². The van der Waals surface area contributed by atoms with Crippen LogP contribution in [0, 0.1) is 18.6 Å². The van der Waals surface area contributed by atoms with Crippen molar-refractivity contribution in [2.45, 2.75) is 20.4 Å². The fourth-order valence-corrected chi connectivity index (χ4v) is 3.70. The van der Waals surface area contributed by atoms with E-state index in [1.54, 1.807) is 12.1 Å². The Balaban J connectivity index is 2.10. The summed E-state index contributed by atoms with van der Waals surface area (Å²) in [6.45, 7) is 4.48. The standard InChI is InChI=1S/C19H16F2N2OS/c1-3-23-17(13-7-9-15(20)10-8-13)12(2)25-19(23)22-18(24)14-5-4-6-16(21)11-14/h4-11H,3H2,1-2H3. The molecule has 1 amide bonds. The number of carbonyl (C=O) groups is 1. The minimum absolute atomic E-state index is 0.206. The van der Waals surface area contributed by atoms with Crippen LogP contribution in [0.4, 0.5) is 8.78 Å². The summed E-state index contributed by atoms with van der Waals surface area (Å²) in [5.74, 6) is -1.27. The van der Waals surface area contributed by atoms with Gasteiger partial charge in [-0.1, -0.05) is 6.07 Å². The van der Waals surface area contributed by atoms with Crippen LogP contribution in [-0.4, -0.2) is 10.5 Å². The quantitative estimate of drug-likeness (QED) is 0.676. The van der Waals surface area contributed by atoms with Gasteiger partial charge in [0.1, 0.15) is 11.6 Å². The molecule has 1 aromatic heterocycles. The maximum absolute atomic E-state index is 13.3. The second kappa shape index (κ2) is 7.11. The van der Waals surface area contributed by atoms with Crippen molar-refractivity contribution in [3.05, 3.63) is 75.4 Å². The number of amides is 1. The first kappa shape index (κ1) is 17.2.